The maximum Gasteiger partial charge on any atom is 0.0646 e. The van der Waals surface area contributed by atoms with Crippen LogP contribution in [0.3, 0.4) is 0 Å². The van der Waals surface area contributed by atoms with Gasteiger partial charge in [-0.15, -0.1) is 0 Å². The monoisotopic (exact) mass is 213 g/mol. The average Bonchev–Trinajstić information content (AvgIpc) is 2.84. The van der Waals surface area contributed by atoms with Gasteiger partial charge in [0.15, 0.2) is 0 Å². The quantitative estimate of drug-likeness (QED) is 0.709. The molecule has 1 aliphatic carbocycles. The fraction of sp³-hybridized carbons (Fsp3) is 1.00. The zero-order chi connectivity index (χ0) is 10.6. The van der Waals surface area contributed by atoms with Crippen molar-refractivity contribution in [2.45, 2.75) is 56.6 Å². The van der Waals surface area contributed by atoms with E-state index in [4.69, 9.17) is 15.2 Å². The number of hydrogen-bond donors (Lipinski definition) is 1. The van der Waals surface area contributed by atoms with Crippen molar-refractivity contribution >= 4 is 0 Å². The topological polar surface area (TPSA) is 44.5 Å². The molecule has 0 aromatic heterocycles. The van der Waals surface area contributed by atoms with E-state index in [1.165, 1.54) is 25.7 Å². The lowest BCUT2D eigenvalue weighted by atomic mass is 10.0. The van der Waals surface area contributed by atoms with E-state index in [-0.39, 0.29) is 5.54 Å². The summed E-state index contributed by atoms with van der Waals surface area (Å²) in [6.45, 7) is 2.48. The smallest absolute Gasteiger partial charge is 0.0646 e. The van der Waals surface area contributed by atoms with Crippen LogP contribution in [0.2, 0.25) is 0 Å². The molecule has 1 unspecified atom stereocenters. The molecule has 1 heterocycles. The summed E-state index contributed by atoms with van der Waals surface area (Å²) in [5, 5.41) is 0. The minimum absolute atomic E-state index is 0.0173. The molecule has 0 amide bonds. The van der Waals surface area contributed by atoms with Crippen LogP contribution in [0.25, 0.3) is 0 Å². The van der Waals surface area contributed by atoms with Gasteiger partial charge in [-0.25, -0.2) is 0 Å². The summed E-state index contributed by atoms with van der Waals surface area (Å²) in [6.07, 6.45) is 8.71. The Labute approximate surface area is 92.3 Å². The van der Waals surface area contributed by atoms with Crippen LogP contribution in [0.5, 0.6) is 0 Å². The van der Waals surface area contributed by atoms with E-state index in [0.717, 1.165) is 39.1 Å². The van der Waals surface area contributed by atoms with Crippen LogP contribution in [0.15, 0.2) is 0 Å². The molecule has 0 aromatic carbocycles. The van der Waals surface area contributed by atoms with E-state index in [9.17, 15) is 0 Å². The molecular weight excluding hydrogens is 190 g/mol. The Hall–Kier alpha value is -0.120. The van der Waals surface area contributed by atoms with Crippen molar-refractivity contribution in [3.8, 4) is 0 Å². The molecule has 2 N–H and O–H groups in total. The number of rotatable bonds is 5. The Morgan fingerprint density at radius 2 is 2.07 bits per heavy atom. The summed E-state index contributed by atoms with van der Waals surface area (Å²) in [4.78, 5) is 0. The third kappa shape index (κ3) is 3.44. The third-order valence-electron chi connectivity index (χ3n) is 3.60. The van der Waals surface area contributed by atoms with Crippen LogP contribution in [-0.2, 0) is 9.47 Å². The van der Waals surface area contributed by atoms with Gasteiger partial charge < -0.3 is 15.2 Å². The minimum atomic E-state index is -0.0173. The summed E-state index contributed by atoms with van der Waals surface area (Å²) in [7, 11) is 0. The SMILES string of the molecule is NC1(COCCC2CCCO2)CCCC1. The van der Waals surface area contributed by atoms with E-state index in [0.29, 0.717) is 6.10 Å². The first-order valence-electron chi connectivity index (χ1n) is 6.27. The second-order valence-corrected chi connectivity index (χ2v) is 5.05. The number of nitrogens with two attached hydrogens (primary N) is 1. The molecule has 3 nitrogen and oxygen atoms in total. The van der Waals surface area contributed by atoms with Gasteiger partial charge in [-0.3, -0.25) is 0 Å². The first-order chi connectivity index (χ1) is 7.29. The highest BCUT2D eigenvalue weighted by Crippen LogP contribution is 2.27. The number of ether oxygens (including phenoxy) is 2. The van der Waals surface area contributed by atoms with Gasteiger partial charge in [0.1, 0.15) is 0 Å². The van der Waals surface area contributed by atoms with Gasteiger partial charge in [0.25, 0.3) is 0 Å². The zero-order valence-electron chi connectivity index (χ0n) is 9.54. The van der Waals surface area contributed by atoms with Crippen molar-refractivity contribution < 1.29 is 9.47 Å². The maximum atomic E-state index is 6.20. The summed E-state index contributed by atoms with van der Waals surface area (Å²) in [5.41, 5.74) is 6.18. The molecule has 1 saturated heterocycles. The predicted octanol–water partition coefficient (Wildman–Crippen LogP) is 1.84. The van der Waals surface area contributed by atoms with Crippen molar-refractivity contribution in [2.75, 3.05) is 19.8 Å². The van der Waals surface area contributed by atoms with E-state index in [1.54, 1.807) is 0 Å². The second kappa shape index (κ2) is 5.28. The fourth-order valence-corrected chi connectivity index (χ4v) is 2.59. The van der Waals surface area contributed by atoms with Gasteiger partial charge >= 0.3 is 0 Å². The van der Waals surface area contributed by atoms with Crippen molar-refractivity contribution in [1.82, 2.24) is 0 Å². The van der Waals surface area contributed by atoms with Crippen LogP contribution in [-0.4, -0.2) is 31.5 Å². The predicted molar refractivity (Wildman–Crippen MR) is 59.8 cm³/mol. The molecule has 2 aliphatic rings. The van der Waals surface area contributed by atoms with Crippen molar-refractivity contribution in [1.29, 1.82) is 0 Å². The molecule has 88 valence electrons. The first-order valence-corrected chi connectivity index (χ1v) is 6.27. The van der Waals surface area contributed by atoms with Gasteiger partial charge in [0, 0.05) is 18.8 Å². The molecule has 1 saturated carbocycles. The van der Waals surface area contributed by atoms with Gasteiger partial charge in [-0.05, 0) is 32.1 Å². The lowest BCUT2D eigenvalue weighted by Crippen LogP contribution is -2.41. The van der Waals surface area contributed by atoms with Crippen molar-refractivity contribution in [3.63, 3.8) is 0 Å². The maximum absolute atomic E-state index is 6.20. The van der Waals surface area contributed by atoms with Gasteiger partial charge in [0.2, 0.25) is 0 Å². The van der Waals surface area contributed by atoms with Gasteiger partial charge in [0.05, 0.1) is 12.7 Å². The average molecular weight is 213 g/mol. The van der Waals surface area contributed by atoms with E-state index in [1.807, 2.05) is 0 Å². The number of hydrogen-bond acceptors (Lipinski definition) is 3. The minimum Gasteiger partial charge on any atom is -0.379 e. The Morgan fingerprint density at radius 3 is 2.73 bits per heavy atom. The third-order valence-corrected chi connectivity index (χ3v) is 3.60. The molecular formula is C12H23NO2. The van der Waals surface area contributed by atoms with Crippen LogP contribution < -0.4 is 5.73 Å². The first kappa shape index (κ1) is 11.4. The summed E-state index contributed by atoms with van der Waals surface area (Å²) in [6, 6.07) is 0. The molecule has 0 spiro atoms. The highest BCUT2D eigenvalue weighted by molar-refractivity contribution is 4.88. The molecule has 0 radical (unpaired) electrons. The molecule has 0 aromatic rings. The normalized spacial score (nSPS) is 29.8. The Morgan fingerprint density at radius 1 is 1.27 bits per heavy atom. The molecule has 2 rings (SSSR count). The standard InChI is InChI=1S/C12H23NO2/c13-12(6-1-2-7-12)10-14-9-5-11-4-3-8-15-11/h11H,1-10,13H2. The Kier molecular flexibility index (Phi) is 4.00. The van der Waals surface area contributed by atoms with Gasteiger partial charge in [-0.1, -0.05) is 12.8 Å². The molecule has 1 aliphatic heterocycles. The summed E-state index contributed by atoms with van der Waals surface area (Å²) in [5.74, 6) is 0. The Balaban J connectivity index is 1.54. The summed E-state index contributed by atoms with van der Waals surface area (Å²) >= 11 is 0. The molecule has 15 heavy (non-hydrogen) atoms. The highest BCUT2D eigenvalue weighted by Gasteiger charge is 2.29. The molecule has 3 heteroatoms. The van der Waals surface area contributed by atoms with E-state index < -0.39 is 0 Å². The van der Waals surface area contributed by atoms with Crippen molar-refractivity contribution in [2.24, 2.45) is 5.73 Å². The van der Waals surface area contributed by atoms with Crippen LogP contribution >= 0.6 is 0 Å². The van der Waals surface area contributed by atoms with E-state index in [2.05, 4.69) is 0 Å². The Bertz CT molecular complexity index is 184. The fourth-order valence-electron chi connectivity index (χ4n) is 2.59. The molecule has 2 fully saturated rings. The molecule has 0 bridgehead atoms. The largest absolute Gasteiger partial charge is 0.379 e. The molecule has 1 atom stereocenters. The second-order valence-electron chi connectivity index (χ2n) is 5.05. The lowest BCUT2D eigenvalue weighted by molar-refractivity contribution is 0.0416. The lowest BCUT2D eigenvalue weighted by Gasteiger charge is -2.23. The van der Waals surface area contributed by atoms with E-state index >= 15 is 0 Å². The van der Waals surface area contributed by atoms with Crippen LogP contribution in [0.1, 0.15) is 44.9 Å². The van der Waals surface area contributed by atoms with Gasteiger partial charge in [-0.2, -0.15) is 0 Å². The highest BCUT2D eigenvalue weighted by atomic mass is 16.5. The van der Waals surface area contributed by atoms with Crippen LogP contribution in [0, 0.1) is 0 Å². The summed E-state index contributed by atoms with van der Waals surface area (Å²) < 4.78 is 11.2. The zero-order valence-corrected chi connectivity index (χ0v) is 9.54. The van der Waals surface area contributed by atoms with Crippen LogP contribution in [0.4, 0.5) is 0 Å². The van der Waals surface area contributed by atoms with Crippen molar-refractivity contribution in [3.05, 3.63) is 0 Å².